The van der Waals surface area contributed by atoms with Gasteiger partial charge in [0.25, 0.3) is 0 Å². The van der Waals surface area contributed by atoms with Gasteiger partial charge in [-0.1, -0.05) is 6.42 Å². The van der Waals surface area contributed by atoms with Crippen LogP contribution in [-0.2, 0) is 11.2 Å². The Morgan fingerprint density at radius 2 is 2.36 bits per heavy atom. The van der Waals surface area contributed by atoms with Gasteiger partial charge >= 0.3 is 0 Å². The molecule has 0 radical (unpaired) electrons. The molecular formula is C17H27N3O2. The minimum absolute atomic E-state index is 0.356. The molecule has 0 bridgehead atoms. The monoisotopic (exact) mass is 305 g/mol. The van der Waals surface area contributed by atoms with Crippen molar-refractivity contribution < 1.29 is 9.15 Å². The maximum absolute atomic E-state index is 5.90. The molecule has 1 aromatic rings. The van der Waals surface area contributed by atoms with E-state index in [1.807, 2.05) is 19.2 Å². The van der Waals surface area contributed by atoms with Gasteiger partial charge in [0.05, 0.1) is 12.4 Å². The SMILES string of the molecule is CCOC1CC(NC(=NC)NCCc2ccco2)C12CCC2. The number of rotatable bonds is 6. The smallest absolute Gasteiger partial charge is 0.191 e. The number of aliphatic imine (C=N–C) groups is 1. The lowest BCUT2D eigenvalue weighted by Crippen LogP contribution is -2.68. The largest absolute Gasteiger partial charge is 0.469 e. The lowest BCUT2D eigenvalue weighted by molar-refractivity contribution is -0.168. The first-order valence-corrected chi connectivity index (χ1v) is 8.39. The van der Waals surface area contributed by atoms with Crippen molar-refractivity contribution in [2.45, 2.75) is 51.2 Å². The van der Waals surface area contributed by atoms with Gasteiger partial charge in [-0.05, 0) is 38.3 Å². The molecule has 2 aliphatic rings. The molecule has 22 heavy (non-hydrogen) atoms. The molecule has 0 aromatic carbocycles. The van der Waals surface area contributed by atoms with Crippen LogP contribution in [0.2, 0.25) is 0 Å². The average Bonchev–Trinajstić information content (AvgIpc) is 2.95. The molecule has 2 N–H and O–H groups in total. The third-order valence-corrected chi connectivity index (χ3v) is 5.22. The van der Waals surface area contributed by atoms with E-state index in [2.05, 4.69) is 22.5 Å². The summed E-state index contributed by atoms with van der Waals surface area (Å²) in [5.41, 5.74) is 0.356. The van der Waals surface area contributed by atoms with Crippen LogP contribution in [0, 0.1) is 5.41 Å². The highest BCUT2D eigenvalue weighted by molar-refractivity contribution is 5.80. The molecule has 2 atom stereocenters. The summed E-state index contributed by atoms with van der Waals surface area (Å²) in [6.45, 7) is 3.72. The highest BCUT2D eigenvalue weighted by Gasteiger charge is 2.59. The first kappa shape index (κ1) is 15.4. The van der Waals surface area contributed by atoms with Crippen molar-refractivity contribution in [2.75, 3.05) is 20.2 Å². The second kappa shape index (κ2) is 6.73. The zero-order valence-electron chi connectivity index (χ0n) is 13.6. The van der Waals surface area contributed by atoms with E-state index >= 15 is 0 Å². The van der Waals surface area contributed by atoms with Crippen molar-refractivity contribution >= 4 is 5.96 Å². The van der Waals surface area contributed by atoms with Crippen LogP contribution >= 0.6 is 0 Å². The van der Waals surface area contributed by atoms with Crippen LogP contribution in [0.4, 0.5) is 0 Å². The minimum atomic E-state index is 0.356. The Bertz CT molecular complexity index is 494. The molecule has 0 saturated heterocycles. The quantitative estimate of drug-likeness (QED) is 0.625. The van der Waals surface area contributed by atoms with Crippen LogP contribution in [0.1, 0.15) is 38.4 Å². The number of hydrogen-bond donors (Lipinski definition) is 2. The number of guanidine groups is 1. The maximum Gasteiger partial charge on any atom is 0.191 e. The Morgan fingerprint density at radius 3 is 2.95 bits per heavy atom. The number of nitrogens with zero attached hydrogens (tertiary/aromatic N) is 1. The van der Waals surface area contributed by atoms with Crippen molar-refractivity contribution in [2.24, 2.45) is 10.4 Å². The fourth-order valence-corrected chi connectivity index (χ4v) is 3.76. The van der Waals surface area contributed by atoms with E-state index in [0.717, 1.165) is 37.7 Å². The van der Waals surface area contributed by atoms with Crippen LogP contribution in [0.3, 0.4) is 0 Å². The van der Waals surface area contributed by atoms with Crippen LogP contribution in [0.5, 0.6) is 0 Å². The number of nitrogens with one attached hydrogen (secondary N) is 2. The first-order valence-electron chi connectivity index (χ1n) is 8.39. The zero-order chi connectivity index (χ0) is 15.4. The summed E-state index contributed by atoms with van der Waals surface area (Å²) in [6, 6.07) is 4.41. The molecule has 2 fully saturated rings. The lowest BCUT2D eigenvalue weighted by atomic mass is 9.51. The molecular weight excluding hydrogens is 278 g/mol. The summed E-state index contributed by atoms with van der Waals surface area (Å²) >= 11 is 0. The molecule has 2 aliphatic carbocycles. The van der Waals surface area contributed by atoms with Gasteiger partial charge in [-0.25, -0.2) is 0 Å². The number of furan rings is 1. The molecule has 122 valence electrons. The second-order valence-electron chi connectivity index (χ2n) is 6.29. The van der Waals surface area contributed by atoms with Crippen LogP contribution < -0.4 is 10.6 Å². The summed E-state index contributed by atoms with van der Waals surface area (Å²) in [7, 11) is 1.83. The van der Waals surface area contributed by atoms with Crippen LogP contribution in [0.15, 0.2) is 27.8 Å². The van der Waals surface area contributed by atoms with Gasteiger partial charge in [-0.2, -0.15) is 0 Å². The Balaban J connectivity index is 1.47. The van der Waals surface area contributed by atoms with Crippen molar-refractivity contribution in [3.05, 3.63) is 24.2 Å². The fraction of sp³-hybridized carbons (Fsp3) is 0.706. The summed E-state index contributed by atoms with van der Waals surface area (Å²) in [5, 5.41) is 6.97. The first-order chi connectivity index (χ1) is 10.8. The molecule has 2 saturated carbocycles. The minimum Gasteiger partial charge on any atom is -0.469 e. The van der Waals surface area contributed by atoms with Crippen LogP contribution in [-0.4, -0.2) is 38.3 Å². The summed E-state index contributed by atoms with van der Waals surface area (Å²) in [4.78, 5) is 4.35. The van der Waals surface area contributed by atoms with Crippen molar-refractivity contribution in [3.8, 4) is 0 Å². The van der Waals surface area contributed by atoms with E-state index in [-0.39, 0.29) is 0 Å². The lowest BCUT2D eigenvalue weighted by Gasteiger charge is -2.61. The molecule has 3 rings (SSSR count). The Hall–Kier alpha value is -1.49. The molecule has 1 spiro atoms. The summed E-state index contributed by atoms with van der Waals surface area (Å²) in [5.74, 6) is 1.89. The van der Waals surface area contributed by atoms with Crippen molar-refractivity contribution in [3.63, 3.8) is 0 Å². The van der Waals surface area contributed by atoms with Crippen molar-refractivity contribution in [1.29, 1.82) is 0 Å². The standard InChI is InChI=1S/C17H27N3O2/c1-3-21-15-12-14(17(15)8-5-9-17)20-16(18-2)19-10-7-13-6-4-11-22-13/h4,6,11,14-15H,3,5,7-10,12H2,1-2H3,(H2,18,19,20). The van der Waals surface area contributed by atoms with Crippen LogP contribution in [0.25, 0.3) is 0 Å². The predicted octanol–water partition coefficient (Wildman–Crippen LogP) is 2.33. The summed E-state index contributed by atoms with van der Waals surface area (Å²) < 4.78 is 11.2. The zero-order valence-corrected chi connectivity index (χ0v) is 13.6. The van der Waals surface area contributed by atoms with E-state index in [1.165, 1.54) is 19.3 Å². The van der Waals surface area contributed by atoms with Gasteiger partial charge in [0.2, 0.25) is 0 Å². The van der Waals surface area contributed by atoms with Gasteiger partial charge in [-0.3, -0.25) is 4.99 Å². The van der Waals surface area contributed by atoms with E-state index in [4.69, 9.17) is 9.15 Å². The highest BCUT2D eigenvalue weighted by Crippen LogP contribution is 2.57. The van der Waals surface area contributed by atoms with Gasteiger partial charge in [0, 0.05) is 38.1 Å². The topological polar surface area (TPSA) is 58.8 Å². The third kappa shape index (κ3) is 2.86. The van der Waals surface area contributed by atoms with E-state index in [1.54, 1.807) is 6.26 Å². The Kier molecular flexibility index (Phi) is 4.71. The van der Waals surface area contributed by atoms with Gasteiger partial charge in [0.1, 0.15) is 5.76 Å². The fourth-order valence-electron chi connectivity index (χ4n) is 3.76. The van der Waals surface area contributed by atoms with E-state index < -0.39 is 0 Å². The molecule has 5 nitrogen and oxygen atoms in total. The number of hydrogen-bond acceptors (Lipinski definition) is 3. The Morgan fingerprint density at radius 1 is 1.50 bits per heavy atom. The second-order valence-corrected chi connectivity index (χ2v) is 6.29. The highest BCUT2D eigenvalue weighted by atomic mass is 16.5. The van der Waals surface area contributed by atoms with Gasteiger partial charge < -0.3 is 19.8 Å². The molecule has 2 unspecified atom stereocenters. The molecule has 5 heteroatoms. The normalized spacial score (nSPS) is 26.4. The molecule has 1 aromatic heterocycles. The number of ether oxygens (including phenoxy) is 1. The molecule has 0 aliphatic heterocycles. The van der Waals surface area contributed by atoms with Gasteiger partial charge in [0.15, 0.2) is 5.96 Å². The predicted molar refractivity (Wildman–Crippen MR) is 87.0 cm³/mol. The maximum atomic E-state index is 5.90. The third-order valence-electron chi connectivity index (χ3n) is 5.22. The van der Waals surface area contributed by atoms with Crippen molar-refractivity contribution in [1.82, 2.24) is 10.6 Å². The summed E-state index contributed by atoms with van der Waals surface area (Å²) in [6.07, 6.45) is 7.98. The molecule has 0 amide bonds. The van der Waals surface area contributed by atoms with E-state index in [0.29, 0.717) is 17.6 Å². The Labute approximate surface area is 132 Å². The van der Waals surface area contributed by atoms with E-state index in [9.17, 15) is 0 Å². The molecule has 1 heterocycles. The van der Waals surface area contributed by atoms with Gasteiger partial charge in [-0.15, -0.1) is 0 Å². The average molecular weight is 305 g/mol.